The molecule has 0 unspecified atom stereocenters. The van der Waals surface area contributed by atoms with E-state index in [1.54, 1.807) is 0 Å². The summed E-state index contributed by atoms with van der Waals surface area (Å²) in [5.41, 5.74) is 1.03. The van der Waals surface area contributed by atoms with Gasteiger partial charge in [-0.3, -0.25) is 0 Å². The van der Waals surface area contributed by atoms with E-state index in [-0.39, 0.29) is 18.0 Å². The molecule has 1 aromatic heterocycles. The predicted molar refractivity (Wildman–Crippen MR) is 87.1 cm³/mol. The summed E-state index contributed by atoms with van der Waals surface area (Å²) < 4.78 is 20.9. The Kier molecular flexibility index (Phi) is 5.52. The Bertz CT molecular complexity index is 635. The smallest absolute Gasteiger partial charge is 0.214 e. The van der Waals surface area contributed by atoms with Crippen molar-refractivity contribution in [3.8, 4) is 0 Å². The van der Waals surface area contributed by atoms with E-state index in [0.29, 0.717) is 6.54 Å². The molecular weight excluding hydrogens is 309 g/mol. The lowest BCUT2D eigenvalue weighted by Crippen LogP contribution is -3.12. The molecule has 1 aromatic carbocycles. The number of nitrogens with zero attached hydrogens (tertiary/aromatic N) is 4. The summed E-state index contributed by atoms with van der Waals surface area (Å²) >= 11 is 0. The molecular formula is C17H25FN5O+. The summed E-state index contributed by atoms with van der Waals surface area (Å²) in [5.74, 6) is 0.585. The van der Waals surface area contributed by atoms with E-state index in [0.717, 1.165) is 43.9 Å². The molecule has 0 saturated carbocycles. The number of tetrazole rings is 1. The van der Waals surface area contributed by atoms with Crippen molar-refractivity contribution in [1.29, 1.82) is 0 Å². The molecule has 0 amide bonds. The first-order chi connectivity index (χ1) is 11.7. The van der Waals surface area contributed by atoms with Gasteiger partial charge in [0.1, 0.15) is 5.82 Å². The first-order valence-corrected chi connectivity index (χ1v) is 8.70. The van der Waals surface area contributed by atoms with Gasteiger partial charge >= 0.3 is 0 Å². The molecule has 2 atom stereocenters. The van der Waals surface area contributed by atoms with Crippen molar-refractivity contribution in [2.45, 2.75) is 45.4 Å². The monoisotopic (exact) mass is 334 g/mol. The maximum Gasteiger partial charge on any atom is 0.214 e. The molecule has 0 bridgehead atoms. The van der Waals surface area contributed by atoms with E-state index in [1.807, 2.05) is 16.8 Å². The summed E-state index contributed by atoms with van der Waals surface area (Å²) in [5, 5.41) is 12.4. The van der Waals surface area contributed by atoms with Crippen molar-refractivity contribution in [3.05, 3.63) is 41.5 Å². The van der Waals surface area contributed by atoms with E-state index in [1.165, 1.54) is 17.0 Å². The molecule has 1 aliphatic heterocycles. The fourth-order valence-corrected chi connectivity index (χ4v) is 3.41. The summed E-state index contributed by atoms with van der Waals surface area (Å²) in [6.45, 7) is 7.63. The number of halogens is 1. The van der Waals surface area contributed by atoms with Crippen LogP contribution in [-0.4, -0.2) is 46.0 Å². The topological polar surface area (TPSA) is 57.3 Å². The highest BCUT2D eigenvalue weighted by atomic mass is 19.1. The fraction of sp³-hybridized carbons (Fsp3) is 0.588. The molecule has 0 radical (unpaired) electrons. The van der Waals surface area contributed by atoms with Gasteiger partial charge in [-0.15, -0.1) is 5.10 Å². The lowest BCUT2D eigenvalue weighted by atomic mass is 10.0. The third-order valence-corrected chi connectivity index (χ3v) is 4.74. The third-order valence-electron chi connectivity index (χ3n) is 4.74. The summed E-state index contributed by atoms with van der Waals surface area (Å²) in [6, 6.07) is 6.64. The minimum atomic E-state index is -0.231. The van der Waals surface area contributed by atoms with Gasteiger partial charge < -0.3 is 9.64 Å². The Morgan fingerprint density at radius 3 is 2.67 bits per heavy atom. The zero-order valence-corrected chi connectivity index (χ0v) is 14.3. The van der Waals surface area contributed by atoms with E-state index < -0.39 is 0 Å². The van der Waals surface area contributed by atoms with Crippen molar-refractivity contribution in [2.75, 3.05) is 19.7 Å². The Morgan fingerprint density at radius 1 is 1.29 bits per heavy atom. The van der Waals surface area contributed by atoms with Crippen molar-refractivity contribution in [1.82, 2.24) is 20.2 Å². The quantitative estimate of drug-likeness (QED) is 0.821. The molecule has 1 saturated heterocycles. The molecule has 130 valence electrons. The van der Waals surface area contributed by atoms with Crippen LogP contribution >= 0.6 is 0 Å². The maximum absolute atomic E-state index is 13.3. The molecule has 3 rings (SSSR count). The Hall–Kier alpha value is -1.86. The second kappa shape index (κ2) is 7.81. The number of ether oxygens (including phenoxy) is 1. The third kappa shape index (κ3) is 3.62. The van der Waals surface area contributed by atoms with Crippen LogP contribution in [0, 0.1) is 5.82 Å². The number of rotatable bonds is 7. The minimum absolute atomic E-state index is 0.0167. The number of hydrogen-bond acceptors (Lipinski definition) is 4. The van der Waals surface area contributed by atoms with Crippen LogP contribution in [0.4, 0.5) is 4.39 Å². The van der Waals surface area contributed by atoms with Crippen LogP contribution in [0.15, 0.2) is 24.3 Å². The molecule has 7 heteroatoms. The van der Waals surface area contributed by atoms with Gasteiger partial charge in [0.2, 0.25) is 5.82 Å². The number of benzene rings is 1. The van der Waals surface area contributed by atoms with Crippen molar-refractivity contribution >= 4 is 0 Å². The summed E-state index contributed by atoms with van der Waals surface area (Å²) in [7, 11) is 0. The van der Waals surface area contributed by atoms with Gasteiger partial charge in [-0.1, -0.05) is 0 Å². The van der Waals surface area contributed by atoms with Gasteiger partial charge in [0.15, 0.2) is 6.04 Å². The number of aromatic nitrogens is 4. The zero-order valence-electron chi connectivity index (χ0n) is 14.3. The lowest BCUT2D eigenvalue weighted by molar-refractivity contribution is -0.923. The van der Waals surface area contributed by atoms with Crippen molar-refractivity contribution in [3.63, 3.8) is 0 Å². The molecule has 0 aliphatic carbocycles. The first-order valence-electron chi connectivity index (χ1n) is 8.70. The predicted octanol–water partition coefficient (Wildman–Crippen LogP) is 1.01. The van der Waals surface area contributed by atoms with Gasteiger partial charge in [0.25, 0.3) is 0 Å². The Balaban J connectivity index is 1.93. The van der Waals surface area contributed by atoms with Crippen LogP contribution in [0.25, 0.3) is 0 Å². The molecule has 24 heavy (non-hydrogen) atoms. The lowest BCUT2D eigenvalue weighted by Gasteiger charge is -2.26. The van der Waals surface area contributed by atoms with Gasteiger partial charge in [-0.2, -0.15) is 0 Å². The van der Waals surface area contributed by atoms with Crippen LogP contribution < -0.4 is 4.90 Å². The maximum atomic E-state index is 13.3. The van der Waals surface area contributed by atoms with Crippen LogP contribution in [0.3, 0.4) is 0 Å². The Morgan fingerprint density at radius 2 is 2.04 bits per heavy atom. The van der Waals surface area contributed by atoms with Crippen LogP contribution in [0.2, 0.25) is 0 Å². The number of quaternary nitrogens is 1. The second-order valence-corrected chi connectivity index (χ2v) is 6.20. The largest absolute Gasteiger partial charge is 0.376 e. The normalized spacial score (nSPS) is 19.1. The number of nitrogens with one attached hydrogen (secondary N) is 1. The standard InChI is InChI=1S/C17H24FN5O/c1-3-22(4-2)16(13-7-9-14(18)10-8-13)17-19-20-21-23(17)12-15-6-5-11-24-15/h7-10,15-16H,3-6,11-12H2,1-2H3/p+1/t15-,16+/m1/s1. The van der Waals surface area contributed by atoms with Crippen molar-refractivity contribution < 1.29 is 14.0 Å². The molecule has 1 N–H and O–H groups in total. The first kappa shape index (κ1) is 17.0. The van der Waals surface area contributed by atoms with E-state index in [2.05, 4.69) is 29.4 Å². The fourth-order valence-electron chi connectivity index (χ4n) is 3.41. The molecule has 0 spiro atoms. The summed E-state index contributed by atoms with van der Waals surface area (Å²) in [6.07, 6.45) is 2.30. The van der Waals surface area contributed by atoms with Crippen LogP contribution in [-0.2, 0) is 11.3 Å². The number of hydrogen-bond donors (Lipinski definition) is 1. The van der Waals surface area contributed by atoms with Gasteiger partial charge in [-0.05, 0) is 61.4 Å². The van der Waals surface area contributed by atoms with Crippen molar-refractivity contribution in [2.24, 2.45) is 0 Å². The van der Waals surface area contributed by atoms with Crippen LogP contribution in [0.1, 0.15) is 44.1 Å². The minimum Gasteiger partial charge on any atom is -0.376 e. The van der Waals surface area contributed by atoms with Gasteiger partial charge in [0.05, 0.1) is 25.7 Å². The summed E-state index contributed by atoms with van der Waals surface area (Å²) in [4.78, 5) is 1.34. The molecule has 1 aliphatic rings. The highest BCUT2D eigenvalue weighted by Crippen LogP contribution is 2.20. The van der Waals surface area contributed by atoms with Crippen LogP contribution in [0.5, 0.6) is 0 Å². The van der Waals surface area contributed by atoms with Gasteiger partial charge in [0, 0.05) is 12.2 Å². The van der Waals surface area contributed by atoms with E-state index >= 15 is 0 Å². The highest BCUT2D eigenvalue weighted by Gasteiger charge is 2.31. The average molecular weight is 334 g/mol. The second-order valence-electron chi connectivity index (χ2n) is 6.20. The van der Waals surface area contributed by atoms with E-state index in [9.17, 15) is 4.39 Å². The molecule has 1 fully saturated rings. The molecule has 6 nitrogen and oxygen atoms in total. The zero-order chi connectivity index (χ0) is 16.9. The van der Waals surface area contributed by atoms with E-state index in [4.69, 9.17) is 4.74 Å². The molecule has 2 aromatic rings. The SMILES string of the molecule is CC[NH+](CC)[C@@H](c1ccc(F)cc1)c1nnnn1C[C@H]1CCCO1. The Labute approximate surface area is 141 Å². The highest BCUT2D eigenvalue weighted by molar-refractivity contribution is 5.23. The van der Waals surface area contributed by atoms with Gasteiger partial charge in [-0.25, -0.2) is 9.07 Å². The molecule has 2 heterocycles. The average Bonchev–Trinajstić information content (AvgIpc) is 3.26.